The minimum Gasteiger partial charge on any atom is -0.370 e. The Bertz CT molecular complexity index is 1580. The molecule has 9 heteroatoms. The maximum absolute atomic E-state index is 13.6. The van der Waals surface area contributed by atoms with E-state index in [2.05, 4.69) is 33.6 Å². The number of carbonyl (C=O) groups is 2. The number of hydrogen-bond donors (Lipinski definition) is 5. The van der Waals surface area contributed by atoms with Crippen LogP contribution in [0, 0.1) is 6.92 Å². The molecule has 0 radical (unpaired) electrons. The molecule has 1 unspecified atom stereocenters. The highest BCUT2D eigenvalue weighted by Crippen LogP contribution is 2.26. The van der Waals surface area contributed by atoms with E-state index >= 15 is 0 Å². The Kier molecular flexibility index (Phi) is 6.62. The first kappa shape index (κ1) is 24.5. The fourth-order valence-electron chi connectivity index (χ4n) is 4.45. The average Bonchev–Trinajstić information content (AvgIpc) is 2.88. The molecule has 4 bridgehead atoms. The van der Waals surface area contributed by atoms with E-state index in [9.17, 15) is 14.4 Å². The second-order valence-electron chi connectivity index (χ2n) is 9.22. The molecule has 8 nitrogen and oxygen atoms in total. The fourth-order valence-corrected chi connectivity index (χ4v) is 4.67. The number of hydrogen-bond acceptors (Lipinski definition) is 5. The molecule has 3 amide bonds. The molecule has 1 atom stereocenters. The van der Waals surface area contributed by atoms with Crippen molar-refractivity contribution in [3.8, 4) is 0 Å². The lowest BCUT2D eigenvalue weighted by atomic mass is 9.99. The molecular formula is C28H27N5O3S. The Morgan fingerprint density at radius 2 is 1.81 bits per heavy atom. The van der Waals surface area contributed by atoms with Crippen molar-refractivity contribution in [2.45, 2.75) is 31.0 Å². The Labute approximate surface area is 219 Å². The molecule has 4 aromatic rings. The third-order valence-corrected chi connectivity index (χ3v) is 7.02. The third-order valence-electron chi connectivity index (χ3n) is 6.59. The van der Waals surface area contributed by atoms with Crippen molar-refractivity contribution in [2.75, 3.05) is 17.7 Å². The van der Waals surface area contributed by atoms with Gasteiger partial charge in [0.05, 0.1) is 0 Å². The van der Waals surface area contributed by atoms with Gasteiger partial charge in [-0.05, 0) is 71.0 Å². The molecule has 1 aromatic heterocycles. The van der Waals surface area contributed by atoms with Gasteiger partial charge in [0.25, 0.3) is 5.56 Å². The molecule has 37 heavy (non-hydrogen) atoms. The molecule has 4 N–H and O–H groups in total. The Hall–Kier alpha value is -4.24. The number of aromatic amines is 1. The summed E-state index contributed by atoms with van der Waals surface area (Å²) in [6.45, 7) is 2.60. The number of anilines is 2. The van der Waals surface area contributed by atoms with E-state index in [0.29, 0.717) is 28.2 Å². The normalized spacial score (nSPS) is 16.1. The zero-order chi connectivity index (χ0) is 26.1. The highest BCUT2D eigenvalue weighted by atomic mass is 32.1. The second-order valence-corrected chi connectivity index (χ2v) is 9.70. The number of pyridine rings is 1. The third kappa shape index (κ3) is 5.17. The lowest BCUT2D eigenvalue weighted by Gasteiger charge is -2.22. The molecule has 0 aliphatic carbocycles. The minimum absolute atomic E-state index is 0.193. The van der Waals surface area contributed by atoms with Gasteiger partial charge in [0.15, 0.2) is 0 Å². The number of aromatic nitrogens is 1. The molecule has 2 aliphatic rings. The van der Waals surface area contributed by atoms with Crippen molar-refractivity contribution in [3.05, 3.63) is 99.5 Å². The quantitative estimate of drug-likeness (QED) is 0.253. The van der Waals surface area contributed by atoms with Crippen LogP contribution in [0.15, 0.2) is 76.6 Å². The maximum atomic E-state index is 13.6. The Morgan fingerprint density at radius 3 is 2.62 bits per heavy atom. The molecule has 188 valence electrons. The number of H-pyrrole nitrogens is 1. The molecule has 0 spiro atoms. The molecule has 0 saturated heterocycles. The van der Waals surface area contributed by atoms with E-state index in [4.69, 9.17) is 0 Å². The van der Waals surface area contributed by atoms with Crippen LogP contribution in [0.2, 0.25) is 0 Å². The first-order valence-corrected chi connectivity index (χ1v) is 12.3. The van der Waals surface area contributed by atoms with Crippen LogP contribution in [0.3, 0.4) is 0 Å². The number of nitrogens with one attached hydrogen (secondary N) is 4. The van der Waals surface area contributed by atoms with Gasteiger partial charge in [-0.2, -0.15) is 0 Å². The number of urea groups is 1. The minimum atomic E-state index is -0.720. The Balaban J connectivity index is 1.55. The summed E-state index contributed by atoms with van der Waals surface area (Å²) in [6, 6.07) is 17.5. The Morgan fingerprint density at radius 1 is 0.973 bits per heavy atom. The summed E-state index contributed by atoms with van der Waals surface area (Å²) in [5.74, 6) is -0.233. The molecule has 0 fully saturated rings. The van der Waals surface area contributed by atoms with E-state index in [1.165, 1.54) is 0 Å². The molecule has 0 saturated carbocycles. The summed E-state index contributed by atoms with van der Waals surface area (Å²) in [6.07, 6.45) is 1.61. The van der Waals surface area contributed by atoms with Crippen molar-refractivity contribution >= 4 is 46.7 Å². The van der Waals surface area contributed by atoms with E-state index in [-0.39, 0.29) is 24.0 Å². The lowest BCUT2D eigenvalue weighted by Crippen LogP contribution is -2.33. The van der Waals surface area contributed by atoms with Crippen molar-refractivity contribution in [2.24, 2.45) is 0 Å². The smallest absolute Gasteiger partial charge is 0.321 e. The largest absolute Gasteiger partial charge is 0.370 e. The van der Waals surface area contributed by atoms with Gasteiger partial charge in [0, 0.05) is 48.0 Å². The number of benzene rings is 3. The van der Waals surface area contributed by atoms with Gasteiger partial charge in [-0.15, -0.1) is 12.6 Å². The predicted octanol–water partition coefficient (Wildman–Crippen LogP) is 4.57. The summed E-state index contributed by atoms with van der Waals surface area (Å²) in [5.41, 5.74) is 4.54. The van der Waals surface area contributed by atoms with Gasteiger partial charge in [0.2, 0.25) is 5.91 Å². The van der Waals surface area contributed by atoms with E-state index in [0.717, 1.165) is 27.6 Å². The summed E-state index contributed by atoms with van der Waals surface area (Å²) in [5, 5.41) is 10.6. The van der Waals surface area contributed by atoms with Crippen molar-refractivity contribution in [1.29, 1.82) is 0 Å². The first-order valence-electron chi connectivity index (χ1n) is 11.9. The number of aryl methyl sites for hydroxylation is 1. The van der Waals surface area contributed by atoms with Crippen LogP contribution in [-0.2, 0) is 17.9 Å². The SMILES string of the molecule is Cc1cc2ccc1CN(C)C(=O)Nc1ccc(S)c(c1)CNC(=O)C2Nc1ccc2cc[nH]c(=O)c2c1. The van der Waals surface area contributed by atoms with Crippen LogP contribution in [-0.4, -0.2) is 28.9 Å². The number of rotatable bonds is 2. The van der Waals surface area contributed by atoms with E-state index in [1.54, 1.807) is 36.3 Å². The van der Waals surface area contributed by atoms with Crippen LogP contribution < -0.4 is 21.5 Å². The summed E-state index contributed by atoms with van der Waals surface area (Å²) < 4.78 is 0. The van der Waals surface area contributed by atoms with Gasteiger partial charge in [-0.25, -0.2) is 4.79 Å². The van der Waals surface area contributed by atoms with E-state index < -0.39 is 6.04 Å². The first-order chi connectivity index (χ1) is 17.8. The van der Waals surface area contributed by atoms with Crippen molar-refractivity contribution in [3.63, 3.8) is 0 Å². The van der Waals surface area contributed by atoms with Gasteiger partial charge in [-0.3, -0.25) is 9.59 Å². The highest BCUT2D eigenvalue weighted by molar-refractivity contribution is 7.80. The van der Waals surface area contributed by atoms with Crippen molar-refractivity contribution < 1.29 is 9.59 Å². The van der Waals surface area contributed by atoms with Crippen molar-refractivity contribution in [1.82, 2.24) is 15.2 Å². The van der Waals surface area contributed by atoms with Crippen LogP contribution in [0.4, 0.5) is 16.2 Å². The van der Waals surface area contributed by atoms with Crippen LogP contribution in [0.5, 0.6) is 0 Å². The molecular weight excluding hydrogens is 486 g/mol. The number of amides is 3. The fraction of sp³-hybridized carbons (Fsp3) is 0.179. The van der Waals surface area contributed by atoms with Crippen LogP contribution >= 0.6 is 12.6 Å². The van der Waals surface area contributed by atoms with Gasteiger partial charge < -0.3 is 25.8 Å². The average molecular weight is 514 g/mol. The predicted molar refractivity (Wildman–Crippen MR) is 148 cm³/mol. The number of carbonyl (C=O) groups excluding carboxylic acids is 2. The van der Waals surface area contributed by atoms with Gasteiger partial charge in [-0.1, -0.05) is 24.3 Å². The summed E-state index contributed by atoms with van der Waals surface area (Å²) in [7, 11) is 1.74. The van der Waals surface area contributed by atoms with Gasteiger partial charge >= 0.3 is 6.03 Å². The number of thiol groups is 1. The van der Waals surface area contributed by atoms with Gasteiger partial charge in [0.1, 0.15) is 6.04 Å². The molecule has 2 aliphatic heterocycles. The molecule has 6 rings (SSSR count). The number of fused-ring (bicyclic) bond motifs is 9. The van der Waals surface area contributed by atoms with E-state index in [1.807, 2.05) is 49.4 Å². The summed E-state index contributed by atoms with van der Waals surface area (Å²) in [4.78, 5) is 43.7. The van der Waals surface area contributed by atoms with Crippen LogP contribution in [0.1, 0.15) is 28.3 Å². The zero-order valence-corrected chi connectivity index (χ0v) is 21.4. The van der Waals surface area contributed by atoms with Crippen LogP contribution in [0.25, 0.3) is 10.8 Å². The monoisotopic (exact) mass is 513 g/mol. The topological polar surface area (TPSA) is 106 Å². The maximum Gasteiger partial charge on any atom is 0.321 e. The summed E-state index contributed by atoms with van der Waals surface area (Å²) >= 11 is 4.53. The zero-order valence-electron chi connectivity index (χ0n) is 20.5. The molecule has 3 aromatic carbocycles. The second kappa shape index (κ2) is 10.0. The standard InChI is InChI=1S/C28H27N5O3S/c1-16-11-18-3-4-19(16)15-33(2)28(36)32-21-7-8-24(37)20(12-21)14-30-27(35)25(18)31-22-6-5-17-9-10-29-26(34)23(17)13-22/h3-13,25,31,37H,14-15H2,1-2H3,(H,29,34)(H,30,35)(H,32,36). The number of nitrogens with zero attached hydrogens (tertiary/aromatic N) is 1. The lowest BCUT2D eigenvalue weighted by molar-refractivity contribution is -0.122. The molecule has 3 heterocycles. The highest BCUT2D eigenvalue weighted by Gasteiger charge is 2.23.